The molecule has 1 aromatic rings. The van der Waals surface area contributed by atoms with E-state index < -0.39 is 10.9 Å². The van der Waals surface area contributed by atoms with Crippen molar-refractivity contribution in [3.05, 3.63) is 32.8 Å². The normalized spacial score (nSPS) is 9.73. The Labute approximate surface area is 89.6 Å². The van der Waals surface area contributed by atoms with Gasteiger partial charge in [0, 0.05) is 13.1 Å². The van der Waals surface area contributed by atoms with E-state index in [0.29, 0.717) is 0 Å². The number of anilines is 1. The van der Waals surface area contributed by atoms with Crippen molar-refractivity contribution < 1.29 is 14.8 Å². The molecule has 0 atom stereocenters. The summed E-state index contributed by atoms with van der Waals surface area (Å²) in [5.74, 6) is -1.30. The van der Waals surface area contributed by atoms with Crippen molar-refractivity contribution in [2.24, 2.45) is 0 Å². The second-order valence-electron chi connectivity index (χ2n) is 2.66. The lowest BCUT2D eigenvalue weighted by Crippen LogP contribution is -2.02. The smallest absolute Gasteiger partial charge is 0.337 e. The zero-order valence-corrected chi connectivity index (χ0v) is 8.41. The van der Waals surface area contributed by atoms with Crippen LogP contribution in [0.5, 0.6) is 0 Å². The highest BCUT2D eigenvalue weighted by molar-refractivity contribution is 6.34. The maximum atomic E-state index is 10.7. The number of nitro benzene ring substituents is 1. The number of carbonyl (C=O) groups is 1. The molecule has 2 N–H and O–H groups in total. The molecule has 1 rings (SSSR count). The molecule has 0 aliphatic rings. The van der Waals surface area contributed by atoms with Gasteiger partial charge in [-0.1, -0.05) is 11.6 Å². The molecule has 0 aliphatic heterocycles. The molecule has 15 heavy (non-hydrogen) atoms. The Morgan fingerprint density at radius 3 is 2.60 bits per heavy atom. The van der Waals surface area contributed by atoms with Crippen LogP contribution in [0.3, 0.4) is 0 Å². The zero-order chi connectivity index (χ0) is 11.6. The van der Waals surface area contributed by atoms with Crippen LogP contribution in [-0.4, -0.2) is 23.0 Å². The maximum absolute atomic E-state index is 10.7. The number of halogens is 1. The van der Waals surface area contributed by atoms with E-state index in [0.717, 1.165) is 6.07 Å². The molecule has 0 bridgehead atoms. The monoisotopic (exact) mass is 230 g/mol. The first-order valence-electron chi connectivity index (χ1n) is 3.86. The third kappa shape index (κ3) is 2.16. The number of nitrogens with zero attached hydrogens (tertiary/aromatic N) is 1. The van der Waals surface area contributed by atoms with Gasteiger partial charge in [-0.2, -0.15) is 0 Å². The van der Waals surface area contributed by atoms with Crippen LogP contribution in [0.4, 0.5) is 11.4 Å². The number of benzene rings is 1. The quantitative estimate of drug-likeness (QED) is 0.612. The van der Waals surface area contributed by atoms with Crippen molar-refractivity contribution in [1.29, 1.82) is 0 Å². The van der Waals surface area contributed by atoms with E-state index in [1.807, 2.05) is 0 Å². The van der Waals surface area contributed by atoms with Crippen LogP contribution >= 0.6 is 11.6 Å². The van der Waals surface area contributed by atoms with Gasteiger partial charge in [-0.05, 0) is 6.07 Å². The number of carboxylic acid groups (broad SMARTS) is 1. The Morgan fingerprint density at radius 1 is 1.60 bits per heavy atom. The standard InChI is InChI=1S/C8H7ClN2O4/c1-10-6-3-5(9)4(8(12)13)2-7(6)11(14)15/h2-3,10H,1H3,(H,12,13). The first-order valence-corrected chi connectivity index (χ1v) is 4.24. The van der Waals surface area contributed by atoms with Gasteiger partial charge in [0.2, 0.25) is 0 Å². The summed E-state index contributed by atoms with van der Waals surface area (Å²) < 4.78 is 0. The number of aromatic carboxylic acids is 1. The second-order valence-corrected chi connectivity index (χ2v) is 3.07. The van der Waals surface area contributed by atoms with E-state index in [2.05, 4.69) is 5.32 Å². The third-order valence-corrected chi connectivity index (χ3v) is 2.09. The molecule has 0 saturated carbocycles. The summed E-state index contributed by atoms with van der Waals surface area (Å²) in [5, 5.41) is 21.8. The third-order valence-electron chi connectivity index (χ3n) is 1.78. The minimum Gasteiger partial charge on any atom is -0.478 e. The van der Waals surface area contributed by atoms with Crippen molar-refractivity contribution in [1.82, 2.24) is 0 Å². The average Bonchev–Trinajstić information content (AvgIpc) is 2.16. The van der Waals surface area contributed by atoms with Gasteiger partial charge in [-0.3, -0.25) is 10.1 Å². The first-order chi connectivity index (χ1) is 6.97. The number of hydrogen-bond acceptors (Lipinski definition) is 4. The van der Waals surface area contributed by atoms with Crippen molar-refractivity contribution in [3.63, 3.8) is 0 Å². The van der Waals surface area contributed by atoms with Gasteiger partial charge >= 0.3 is 5.97 Å². The summed E-state index contributed by atoms with van der Waals surface area (Å²) in [5.41, 5.74) is -0.434. The maximum Gasteiger partial charge on any atom is 0.337 e. The lowest BCUT2D eigenvalue weighted by molar-refractivity contribution is -0.384. The van der Waals surface area contributed by atoms with E-state index >= 15 is 0 Å². The second kappa shape index (κ2) is 4.14. The molecule has 6 nitrogen and oxygen atoms in total. The fourth-order valence-corrected chi connectivity index (χ4v) is 1.32. The Hall–Kier alpha value is -1.82. The molecule has 0 heterocycles. The predicted molar refractivity (Wildman–Crippen MR) is 54.6 cm³/mol. The summed E-state index contributed by atoms with van der Waals surface area (Å²) in [6, 6.07) is 2.14. The van der Waals surface area contributed by atoms with Crippen LogP contribution < -0.4 is 5.32 Å². The topological polar surface area (TPSA) is 92.5 Å². The zero-order valence-electron chi connectivity index (χ0n) is 7.65. The summed E-state index contributed by atoms with van der Waals surface area (Å²) in [4.78, 5) is 20.6. The summed E-state index contributed by atoms with van der Waals surface area (Å²) in [6.07, 6.45) is 0. The fraction of sp³-hybridized carbons (Fsp3) is 0.125. The highest BCUT2D eigenvalue weighted by atomic mass is 35.5. The van der Waals surface area contributed by atoms with E-state index in [1.54, 1.807) is 0 Å². The SMILES string of the molecule is CNc1cc(Cl)c(C(=O)O)cc1[N+](=O)[O-]. The van der Waals surface area contributed by atoms with Crippen LogP contribution in [-0.2, 0) is 0 Å². The Morgan fingerprint density at radius 2 is 2.20 bits per heavy atom. The minimum atomic E-state index is -1.30. The van der Waals surface area contributed by atoms with E-state index in [4.69, 9.17) is 16.7 Å². The average molecular weight is 231 g/mol. The van der Waals surface area contributed by atoms with Gasteiger partial charge in [-0.25, -0.2) is 4.79 Å². The largest absolute Gasteiger partial charge is 0.478 e. The molecule has 0 radical (unpaired) electrons. The molecule has 0 aromatic heterocycles. The Kier molecular flexibility index (Phi) is 3.11. The summed E-state index contributed by atoms with van der Waals surface area (Å²) in [7, 11) is 1.49. The molecule has 1 aromatic carbocycles. The molecule has 0 amide bonds. The van der Waals surface area contributed by atoms with Gasteiger partial charge < -0.3 is 10.4 Å². The van der Waals surface area contributed by atoms with Crippen LogP contribution in [0.25, 0.3) is 0 Å². The molecule has 0 spiro atoms. The van der Waals surface area contributed by atoms with Gasteiger partial charge in [0.05, 0.1) is 15.5 Å². The lowest BCUT2D eigenvalue weighted by Gasteiger charge is -2.04. The van der Waals surface area contributed by atoms with Gasteiger partial charge in [0.1, 0.15) is 5.69 Å². The predicted octanol–water partition coefficient (Wildman–Crippen LogP) is 1.99. The number of rotatable bonds is 3. The van der Waals surface area contributed by atoms with Crippen LogP contribution in [0.1, 0.15) is 10.4 Å². The number of nitrogens with one attached hydrogen (secondary N) is 1. The molecule has 0 aliphatic carbocycles. The fourth-order valence-electron chi connectivity index (χ4n) is 1.08. The molecule has 7 heteroatoms. The highest BCUT2D eigenvalue weighted by Gasteiger charge is 2.19. The van der Waals surface area contributed by atoms with E-state index in [1.165, 1.54) is 13.1 Å². The van der Waals surface area contributed by atoms with Crippen molar-refractivity contribution in [3.8, 4) is 0 Å². The van der Waals surface area contributed by atoms with Crippen LogP contribution in [0.15, 0.2) is 12.1 Å². The molecular formula is C8H7ClN2O4. The van der Waals surface area contributed by atoms with E-state index in [9.17, 15) is 14.9 Å². The molecule has 0 fully saturated rings. The molecular weight excluding hydrogens is 224 g/mol. The molecule has 0 unspecified atom stereocenters. The highest BCUT2D eigenvalue weighted by Crippen LogP contribution is 2.30. The van der Waals surface area contributed by atoms with Crippen LogP contribution in [0.2, 0.25) is 5.02 Å². The summed E-state index contributed by atoms with van der Waals surface area (Å²) >= 11 is 5.64. The lowest BCUT2D eigenvalue weighted by atomic mass is 10.1. The van der Waals surface area contributed by atoms with Crippen molar-refractivity contribution in [2.45, 2.75) is 0 Å². The molecule has 0 saturated heterocycles. The summed E-state index contributed by atoms with van der Waals surface area (Å²) in [6.45, 7) is 0. The Balaban J connectivity index is 3.43. The first kappa shape index (κ1) is 11.3. The van der Waals surface area contributed by atoms with Crippen molar-refractivity contribution in [2.75, 3.05) is 12.4 Å². The number of nitro groups is 1. The van der Waals surface area contributed by atoms with Crippen molar-refractivity contribution >= 4 is 28.9 Å². The van der Waals surface area contributed by atoms with Gasteiger partial charge in [0.15, 0.2) is 0 Å². The van der Waals surface area contributed by atoms with Gasteiger partial charge in [0.25, 0.3) is 5.69 Å². The van der Waals surface area contributed by atoms with E-state index in [-0.39, 0.29) is 22.0 Å². The number of carboxylic acids is 1. The Bertz CT molecular complexity index is 433. The minimum absolute atomic E-state index is 0.0440. The van der Waals surface area contributed by atoms with Crippen LogP contribution in [0, 0.1) is 10.1 Å². The number of hydrogen-bond donors (Lipinski definition) is 2. The molecule has 80 valence electrons. The van der Waals surface area contributed by atoms with Gasteiger partial charge in [-0.15, -0.1) is 0 Å².